The van der Waals surface area contributed by atoms with Crippen LogP contribution in [0.2, 0.25) is 0 Å². The Morgan fingerprint density at radius 2 is 1.42 bits per heavy atom. The lowest BCUT2D eigenvalue weighted by Gasteiger charge is -2.17. The van der Waals surface area contributed by atoms with E-state index in [1.165, 1.54) is 69.8 Å². The van der Waals surface area contributed by atoms with E-state index in [2.05, 4.69) is 0 Å². The van der Waals surface area contributed by atoms with Gasteiger partial charge in [0.15, 0.2) is 5.25 Å². The zero-order chi connectivity index (χ0) is 23.8. The molecule has 0 spiro atoms. The molecule has 182 valence electrons. The lowest BCUT2D eigenvalue weighted by atomic mass is 9.89. The number of rotatable bonds is 6. The van der Waals surface area contributed by atoms with Crippen molar-refractivity contribution >= 4 is 27.9 Å². The second kappa shape index (κ2) is 11.7. The van der Waals surface area contributed by atoms with Crippen molar-refractivity contribution in [2.75, 3.05) is 0 Å². The fourth-order valence-electron chi connectivity index (χ4n) is 4.61. The maximum absolute atomic E-state index is 12.2. The van der Waals surface area contributed by atoms with E-state index in [0.717, 1.165) is 6.42 Å². The van der Waals surface area contributed by atoms with Crippen LogP contribution >= 0.6 is 0 Å². The van der Waals surface area contributed by atoms with E-state index >= 15 is 0 Å². The first kappa shape index (κ1) is 25.4. The Bertz CT molecular complexity index is 930. The van der Waals surface area contributed by atoms with E-state index in [0.29, 0.717) is 11.5 Å². The normalized spacial score (nSPS) is 21.6. The van der Waals surface area contributed by atoms with Crippen LogP contribution in [0.5, 0.6) is 0 Å². The molecule has 0 bridgehead atoms. The van der Waals surface area contributed by atoms with E-state index in [9.17, 15) is 22.8 Å². The lowest BCUT2D eigenvalue weighted by Crippen LogP contribution is -2.37. The summed E-state index contributed by atoms with van der Waals surface area (Å²) in [6, 6.07) is 7.65. The number of hydroxylamine groups is 2. The van der Waals surface area contributed by atoms with Gasteiger partial charge in [-0.25, -0.2) is 4.79 Å². The summed E-state index contributed by atoms with van der Waals surface area (Å²) >= 11 is 0. The smallest absolute Gasteiger partial charge is 0.330 e. The molecular weight excluding hydrogens is 446 g/mol. The van der Waals surface area contributed by atoms with Gasteiger partial charge in [-0.05, 0) is 23.5 Å². The molecule has 0 aromatic heterocycles. The van der Waals surface area contributed by atoms with Crippen molar-refractivity contribution < 1.29 is 32.2 Å². The molecule has 2 amide bonds. The average molecular weight is 480 g/mol. The molecular formula is C24H33NO7S. The van der Waals surface area contributed by atoms with Crippen LogP contribution in [0.15, 0.2) is 24.3 Å². The molecule has 1 aliphatic heterocycles. The fourth-order valence-corrected chi connectivity index (χ4v) is 5.32. The van der Waals surface area contributed by atoms with Gasteiger partial charge in [-0.1, -0.05) is 88.5 Å². The summed E-state index contributed by atoms with van der Waals surface area (Å²) in [4.78, 5) is 40.8. The minimum atomic E-state index is -4.74. The lowest BCUT2D eigenvalue weighted by molar-refractivity contribution is -0.196. The van der Waals surface area contributed by atoms with Crippen molar-refractivity contribution in [2.24, 2.45) is 5.92 Å². The molecule has 8 nitrogen and oxygen atoms in total. The topological polar surface area (TPSA) is 118 Å². The van der Waals surface area contributed by atoms with Crippen molar-refractivity contribution in [2.45, 2.75) is 88.7 Å². The summed E-state index contributed by atoms with van der Waals surface area (Å²) in [6.07, 6.45) is 13.2. The Morgan fingerprint density at radius 3 is 1.94 bits per heavy atom. The predicted molar refractivity (Wildman–Crippen MR) is 121 cm³/mol. The highest BCUT2D eigenvalue weighted by Crippen LogP contribution is 2.25. The minimum absolute atomic E-state index is 0.136. The number of carbonyl (C=O) groups is 3. The molecule has 1 saturated carbocycles. The van der Waals surface area contributed by atoms with Crippen LogP contribution in [-0.4, -0.2) is 41.1 Å². The van der Waals surface area contributed by atoms with Crippen molar-refractivity contribution in [1.82, 2.24) is 5.06 Å². The predicted octanol–water partition coefficient (Wildman–Crippen LogP) is 3.78. The number of imide groups is 1. The molecule has 2 fully saturated rings. The van der Waals surface area contributed by atoms with Gasteiger partial charge < -0.3 is 4.84 Å². The molecule has 1 atom stereocenters. The standard InChI is InChI=1S/C24H33NO7S/c26-22-17-21(33(29,30)31)24(28)25(22)32-23(27)16-20-13-11-19(12-14-20)15-18-9-7-5-3-1-2-4-6-8-10-18/h11-14,18,21H,1-10,15-17H2,(H,29,30,31). The molecule has 1 N–H and O–H groups in total. The Kier molecular flexibility index (Phi) is 9.02. The van der Waals surface area contributed by atoms with E-state index in [1.807, 2.05) is 24.3 Å². The second-order valence-corrected chi connectivity index (χ2v) is 10.8. The maximum Gasteiger partial charge on any atom is 0.337 e. The number of amides is 2. The summed E-state index contributed by atoms with van der Waals surface area (Å²) < 4.78 is 31.4. The maximum atomic E-state index is 12.2. The third-order valence-corrected chi connectivity index (χ3v) is 7.57. The molecule has 9 heteroatoms. The number of hydrogen-bond acceptors (Lipinski definition) is 6. The van der Waals surface area contributed by atoms with Crippen molar-refractivity contribution in [3.63, 3.8) is 0 Å². The number of nitrogens with zero attached hydrogens (tertiary/aromatic N) is 1. The van der Waals surface area contributed by atoms with Crippen molar-refractivity contribution in [3.8, 4) is 0 Å². The first-order valence-electron chi connectivity index (χ1n) is 11.9. The Labute approximate surface area is 195 Å². The number of hydrogen-bond donors (Lipinski definition) is 1. The molecule has 3 rings (SSSR count). The highest BCUT2D eigenvalue weighted by molar-refractivity contribution is 7.87. The molecule has 1 aliphatic carbocycles. The summed E-state index contributed by atoms with van der Waals surface area (Å²) in [5.41, 5.74) is 1.88. The van der Waals surface area contributed by atoms with Gasteiger partial charge >= 0.3 is 5.97 Å². The second-order valence-electron chi connectivity index (χ2n) is 9.17. The van der Waals surface area contributed by atoms with Gasteiger partial charge in [0, 0.05) is 0 Å². The highest BCUT2D eigenvalue weighted by Gasteiger charge is 2.48. The average Bonchev–Trinajstić information content (AvgIpc) is 3.01. The van der Waals surface area contributed by atoms with Crippen LogP contribution in [0.25, 0.3) is 0 Å². The fraction of sp³-hybridized carbons (Fsp3) is 0.625. The summed E-state index contributed by atoms with van der Waals surface area (Å²) in [6.45, 7) is 0. The van der Waals surface area contributed by atoms with Gasteiger partial charge in [0.1, 0.15) is 0 Å². The molecule has 1 heterocycles. The van der Waals surface area contributed by atoms with Crippen LogP contribution in [0, 0.1) is 5.92 Å². The third-order valence-electron chi connectivity index (χ3n) is 6.49. The molecule has 33 heavy (non-hydrogen) atoms. The Hall–Kier alpha value is -2.26. The van der Waals surface area contributed by atoms with Gasteiger partial charge in [-0.2, -0.15) is 8.42 Å². The molecule has 2 aliphatic rings. The first-order chi connectivity index (χ1) is 15.7. The third kappa shape index (κ3) is 7.64. The number of benzene rings is 1. The molecule has 1 aromatic carbocycles. The van der Waals surface area contributed by atoms with Gasteiger partial charge in [0.05, 0.1) is 12.8 Å². The monoisotopic (exact) mass is 479 g/mol. The van der Waals surface area contributed by atoms with Crippen LogP contribution < -0.4 is 0 Å². The summed E-state index contributed by atoms with van der Waals surface area (Å²) in [5, 5.41) is -1.79. The molecule has 1 unspecified atom stereocenters. The summed E-state index contributed by atoms with van der Waals surface area (Å²) in [5.74, 6) is -2.42. The van der Waals surface area contributed by atoms with Gasteiger partial charge in [-0.3, -0.25) is 14.1 Å². The van der Waals surface area contributed by atoms with E-state index in [-0.39, 0.29) is 11.5 Å². The van der Waals surface area contributed by atoms with Crippen LogP contribution in [0.4, 0.5) is 0 Å². The van der Waals surface area contributed by atoms with E-state index < -0.39 is 39.6 Å². The molecule has 0 radical (unpaired) electrons. The van der Waals surface area contributed by atoms with Crippen LogP contribution in [0.3, 0.4) is 0 Å². The van der Waals surface area contributed by atoms with Gasteiger partial charge in [0.25, 0.3) is 21.9 Å². The zero-order valence-corrected chi connectivity index (χ0v) is 19.7. The van der Waals surface area contributed by atoms with E-state index in [4.69, 9.17) is 9.39 Å². The SMILES string of the molecule is O=C(Cc1ccc(CC2CCCCCCCCCC2)cc1)ON1C(=O)CC(S(=O)(=O)O)C1=O. The Balaban J connectivity index is 1.51. The highest BCUT2D eigenvalue weighted by atomic mass is 32.2. The van der Waals surface area contributed by atoms with Crippen molar-refractivity contribution in [3.05, 3.63) is 35.4 Å². The van der Waals surface area contributed by atoms with Gasteiger partial charge in [-0.15, -0.1) is 5.06 Å². The zero-order valence-electron chi connectivity index (χ0n) is 18.9. The van der Waals surface area contributed by atoms with Crippen LogP contribution in [-0.2, 0) is 42.2 Å². The van der Waals surface area contributed by atoms with Crippen molar-refractivity contribution in [1.29, 1.82) is 0 Å². The largest absolute Gasteiger partial charge is 0.337 e. The minimum Gasteiger partial charge on any atom is -0.330 e. The van der Waals surface area contributed by atoms with Crippen LogP contribution in [0.1, 0.15) is 81.8 Å². The quantitative estimate of drug-likeness (QED) is 0.487. The Morgan fingerprint density at radius 1 is 0.909 bits per heavy atom. The molecule has 1 saturated heterocycles. The first-order valence-corrected chi connectivity index (χ1v) is 13.4. The molecule has 1 aromatic rings. The van der Waals surface area contributed by atoms with Gasteiger partial charge in [0.2, 0.25) is 0 Å². The van der Waals surface area contributed by atoms with E-state index in [1.54, 1.807) is 0 Å². The number of carbonyl (C=O) groups excluding carboxylic acids is 3. The summed E-state index contributed by atoms with van der Waals surface area (Å²) in [7, 11) is -4.74.